The summed E-state index contributed by atoms with van der Waals surface area (Å²) in [5.41, 5.74) is 2.47. The molecule has 0 saturated heterocycles. The van der Waals surface area contributed by atoms with Gasteiger partial charge < -0.3 is 15.0 Å². The van der Waals surface area contributed by atoms with Crippen LogP contribution in [0.4, 0.5) is 4.79 Å². The van der Waals surface area contributed by atoms with Crippen molar-refractivity contribution in [1.82, 2.24) is 10.6 Å². The van der Waals surface area contributed by atoms with E-state index in [-0.39, 0.29) is 31.6 Å². The van der Waals surface area contributed by atoms with Crippen LogP contribution in [0.5, 0.6) is 0 Å². The molecule has 2 rings (SSSR count). The summed E-state index contributed by atoms with van der Waals surface area (Å²) in [7, 11) is 0. The number of alkyl carbamates (subject to hydrolysis) is 1. The van der Waals surface area contributed by atoms with Crippen molar-refractivity contribution in [1.29, 1.82) is 0 Å². The zero-order valence-corrected chi connectivity index (χ0v) is 15.5. The second kappa shape index (κ2) is 9.91. The highest BCUT2D eigenvalue weighted by Gasteiger charge is 2.24. The number of quaternary nitrogens is 1. The number of nitrogens with one attached hydrogen (secondary N) is 3. The van der Waals surface area contributed by atoms with Crippen LogP contribution < -0.4 is 15.5 Å². The van der Waals surface area contributed by atoms with Gasteiger partial charge >= 0.3 is 6.09 Å². The molecule has 0 spiro atoms. The molecule has 1 unspecified atom stereocenters. The van der Waals surface area contributed by atoms with E-state index in [9.17, 15) is 14.4 Å². The fourth-order valence-corrected chi connectivity index (χ4v) is 3.24. The molecular formula is C19H28N3O4+. The SMILES string of the molecule is CCOC(=O)NC(=O)C[NH+](CC)CC(=O)N[C@H]1CCCc2ccccc21. The Morgan fingerprint density at radius 2 is 1.88 bits per heavy atom. The van der Waals surface area contributed by atoms with Crippen molar-refractivity contribution in [3.63, 3.8) is 0 Å². The lowest BCUT2D eigenvalue weighted by molar-refractivity contribution is -0.881. The minimum atomic E-state index is -0.754. The van der Waals surface area contributed by atoms with Crippen molar-refractivity contribution < 1.29 is 24.0 Å². The predicted octanol–water partition coefficient (Wildman–Crippen LogP) is 0.358. The molecule has 1 aromatic carbocycles. The van der Waals surface area contributed by atoms with Crippen molar-refractivity contribution in [2.45, 2.75) is 39.2 Å². The summed E-state index contributed by atoms with van der Waals surface area (Å²) in [4.78, 5) is 36.4. The summed E-state index contributed by atoms with van der Waals surface area (Å²) in [6, 6.07) is 8.22. The molecule has 0 heterocycles. The molecule has 7 heteroatoms. The highest BCUT2D eigenvalue weighted by Crippen LogP contribution is 2.29. The summed E-state index contributed by atoms with van der Waals surface area (Å²) >= 11 is 0. The van der Waals surface area contributed by atoms with Crippen LogP contribution in [0.3, 0.4) is 0 Å². The highest BCUT2D eigenvalue weighted by atomic mass is 16.5. The Bertz CT molecular complexity index is 647. The van der Waals surface area contributed by atoms with Crippen LogP contribution in [-0.4, -0.2) is 44.1 Å². The number of carbonyl (C=O) groups excluding carboxylic acids is 3. The van der Waals surface area contributed by atoms with Gasteiger partial charge in [-0.1, -0.05) is 24.3 Å². The van der Waals surface area contributed by atoms with Gasteiger partial charge in [0.1, 0.15) is 0 Å². The van der Waals surface area contributed by atoms with Crippen molar-refractivity contribution in [3.05, 3.63) is 35.4 Å². The first kappa shape index (κ1) is 19.9. The number of fused-ring (bicyclic) bond motifs is 1. The number of ether oxygens (including phenoxy) is 1. The monoisotopic (exact) mass is 362 g/mol. The van der Waals surface area contributed by atoms with Gasteiger partial charge in [-0.05, 0) is 44.2 Å². The third-order valence-electron chi connectivity index (χ3n) is 4.54. The molecular weight excluding hydrogens is 334 g/mol. The topological polar surface area (TPSA) is 88.9 Å². The number of amides is 3. The molecule has 7 nitrogen and oxygen atoms in total. The number of hydrogen-bond donors (Lipinski definition) is 3. The third kappa shape index (κ3) is 5.84. The molecule has 0 radical (unpaired) electrons. The lowest BCUT2D eigenvalue weighted by atomic mass is 9.88. The standard InChI is InChI=1S/C19H27N3O4/c1-3-22(13-18(24)21-19(25)26-4-2)12-17(23)20-16-11-7-9-14-8-5-6-10-15(14)16/h5-6,8,10,16H,3-4,7,9,11-13H2,1-2H3,(H,20,23)(H,21,24,25)/p+1/t16-/m0/s1. The summed E-state index contributed by atoms with van der Waals surface area (Å²) < 4.78 is 4.68. The molecule has 1 aliphatic carbocycles. The molecule has 2 atom stereocenters. The van der Waals surface area contributed by atoms with Crippen LogP contribution >= 0.6 is 0 Å². The number of carbonyl (C=O) groups is 3. The van der Waals surface area contributed by atoms with Crippen molar-refractivity contribution in [2.24, 2.45) is 0 Å². The Hall–Kier alpha value is -2.41. The van der Waals surface area contributed by atoms with Gasteiger partial charge in [0.05, 0.1) is 19.2 Å². The lowest BCUT2D eigenvalue weighted by Crippen LogP contribution is -3.14. The number of rotatable bonds is 7. The maximum absolute atomic E-state index is 12.4. The Morgan fingerprint density at radius 3 is 2.62 bits per heavy atom. The maximum atomic E-state index is 12.4. The minimum absolute atomic E-state index is 0.0268. The zero-order chi connectivity index (χ0) is 18.9. The van der Waals surface area contributed by atoms with Crippen LogP contribution in [0, 0.1) is 0 Å². The summed E-state index contributed by atoms with van der Waals surface area (Å²) in [5, 5.41) is 5.25. The molecule has 0 fully saturated rings. The van der Waals surface area contributed by atoms with E-state index in [0.29, 0.717) is 6.54 Å². The molecule has 0 aromatic heterocycles. The predicted molar refractivity (Wildman–Crippen MR) is 96.7 cm³/mol. The maximum Gasteiger partial charge on any atom is 0.414 e. The molecule has 3 amide bonds. The van der Waals surface area contributed by atoms with Gasteiger partial charge in [-0.2, -0.15) is 0 Å². The fourth-order valence-electron chi connectivity index (χ4n) is 3.24. The first-order valence-corrected chi connectivity index (χ1v) is 9.20. The van der Waals surface area contributed by atoms with Crippen LogP contribution in [0.15, 0.2) is 24.3 Å². The van der Waals surface area contributed by atoms with E-state index in [1.165, 1.54) is 11.1 Å². The summed E-state index contributed by atoms with van der Waals surface area (Å²) in [6.45, 7) is 4.60. The first-order valence-electron chi connectivity index (χ1n) is 9.20. The fraction of sp³-hybridized carbons (Fsp3) is 0.526. The van der Waals surface area contributed by atoms with E-state index in [1.54, 1.807) is 6.92 Å². The summed E-state index contributed by atoms with van der Waals surface area (Å²) in [6.07, 6.45) is 2.27. The molecule has 142 valence electrons. The minimum Gasteiger partial charge on any atom is -0.450 e. The van der Waals surface area contributed by atoms with Crippen molar-refractivity contribution in [3.8, 4) is 0 Å². The normalized spacial score (nSPS) is 16.9. The van der Waals surface area contributed by atoms with Crippen LogP contribution in [0.25, 0.3) is 0 Å². The molecule has 1 aliphatic rings. The second-order valence-corrected chi connectivity index (χ2v) is 6.44. The Kier molecular flexibility index (Phi) is 7.59. The third-order valence-corrected chi connectivity index (χ3v) is 4.54. The molecule has 0 aliphatic heterocycles. The molecule has 3 N–H and O–H groups in total. The van der Waals surface area contributed by atoms with Crippen molar-refractivity contribution in [2.75, 3.05) is 26.2 Å². The first-order chi connectivity index (χ1) is 12.5. The van der Waals surface area contributed by atoms with Gasteiger partial charge in [-0.15, -0.1) is 0 Å². The van der Waals surface area contributed by atoms with Crippen LogP contribution in [-0.2, 0) is 20.7 Å². The quantitative estimate of drug-likeness (QED) is 0.653. The van der Waals surface area contributed by atoms with Crippen molar-refractivity contribution >= 4 is 17.9 Å². The second-order valence-electron chi connectivity index (χ2n) is 6.44. The van der Waals surface area contributed by atoms with Gasteiger partial charge in [0.2, 0.25) is 0 Å². The number of imide groups is 1. The van der Waals surface area contributed by atoms with Crippen LogP contribution in [0.2, 0.25) is 0 Å². The lowest BCUT2D eigenvalue weighted by Gasteiger charge is -2.27. The van der Waals surface area contributed by atoms with E-state index >= 15 is 0 Å². The van der Waals surface area contributed by atoms with E-state index in [2.05, 4.69) is 27.5 Å². The number of likely N-dealkylation sites (N-methyl/N-ethyl adjacent to an activating group) is 1. The highest BCUT2D eigenvalue weighted by molar-refractivity contribution is 5.92. The van der Waals surface area contributed by atoms with Crippen LogP contribution in [0.1, 0.15) is 43.9 Å². The molecule has 0 saturated carbocycles. The van der Waals surface area contributed by atoms with E-state index in [0.717, 1.165) is 24.2 Å². The molecule has 26 heavy (non-hydrogen) atoms. The van der Waals surface area contributed by atoms with E-state index in [1.807, 2.05) is 19.1 Å². The van der Waals surface area contributed by atoms with Gasteiger partial charge in [0, 0.05) is 0 Å². The smallest absolute Gasteiger partial charge is 0.414 e. The Balaban J connectivity index is 1.86. The van der Waals surface area contributed by atoms with E-state index < -0.39 is 12.0 Å². The zero-order valence-electron chi connectivity index (χ0n) is 15.5. The number of aryl methyl sites for hydroxylation is 1. The van der Waals surface area contributed by atoms with Gasteiger partial charge in [-0.3, -0.25) is 14.9 Å². The Labute approximate surface area is 154 Å². The average molecular weight is 362 g/mol. The van der Waals surface area contributed by atoms with Gasteiger partial charge in [-0.25, -0.2) is 4.79 Å². The summed E-state index contributed by atoms with van der Waals surface area (Å²) in [5.74, 6) is -0.538. The molecule has 1 aromatic rings. The van der Waals surface area contributed by atoms with Gasteiger partial charge in [0.15, 0.2) is 13.1 Å². The van der Waals surface area contributed by atoms with E-state index in [4.69, 9.17) is 0 Å². The van der Waals surface area contributed by atoms with Gasteiger partial charge in [0.25, 0.3) is 11.8 Å². The largest absolute Gasteiger partial charge is 0.450 e. The molecule has 0 bridgehead atoms. The number of hydrogen-bond acceptors (Lipinski definition) is 4. The number of benzene rings is 1. The average Bonchev–Trinajstić information content (AvgIpc) is 2.61. The Morgan fingerprint density at radius 1 is 1.15 bits per heavy atom.